The number of esters is 1. The minimum absolute atomic E-state index is 0.0170. The number of ether oxygens (including phenoxy) is 2. The van der Waals surface area contributed by atoms with Crippen molar-refractivity contribution in [3.63, 3.8) is 0 Å². The van der Waals surface area contributed by atoms with Gasteiger partial charge in [0.05, 0.1) is 23.8 Å². The standard InChI is InChI=1S/C18H20F2N2O6/c1-27-14(23)10-4-5-12(13(7-10)28-16(19)20)21-17(26)22-8-11-3-2-6-18(11,9-22)15(24)25/h4-5,7,11,16H,2-3,6,8-9H2,1H3,(H,21,26)(H,24,25)/t11-,18+/m0/s1. The second kappa shape index (κ2) is 7.61. The van der Waals surface area contributed by atoms with Crippen molar-refractivity contribution in [2.24, 2.45) is 11.3 Å². The van der Waals surface area contributed by atoms with Gasteiger partial charge in [0.1, 0.15) is 0 Å². The number of fused-ring (bicyclic) bond motifs is 1. The van der Waals surface area contributed by atoms with Crippen LogP contribution >= 0.6 is 0 Å². The van der Waals surface area contributed by atoms with Crippen LogP contribution in [0.25, 0.3) is 0 Å². The van der Waals surface area contributed by atoms with E-state index in [2.05, 4.69) is 14.8 Å². The van der Waals surface area contributed by atoms with E-state index >= 15 is 0 Å². The zero-order valence-corrected chi connectivity index (χ0v) is 15.1. The highest BCUT2D eigenvalue weighted by Crippen LogP contribution is 2.49. The highest BCUT2D eigenvalue weighted by Gasteiger charge is 2.55. The number of benzene rings is 1. The molecule has 1 saturated carbocycles. The Labute approximate surface area is 159 Å². The topological polar surface area (TPSA) is 105 Å². The number of carboxylic acid groups (broad SMARTS) is 1. The lowest BCUT2D eigenvalue weighted by molar-refractivity contribution is -0.149. The van der Waals surface area contributed by atoms with E-state index in [1.54, 1.807) is 0 Å². The van der Waals surface area contributed by atoms with E-state index in [0.717, 1.165) is 26.0 Å². The monoisotopic (exact) mass is 398 g/mol. The van der Waals surface area contributed by atoms with E-state index in [1.165, 1.54) is 17.0 Å². The van der Waals surface area contributed by atoms with Gasteiger partial charge in [-0.15, -0.1) is 0 Å². The summed E-state index contributed by atoms with van der Waals surface area (Å²) in [5.41, 5.74) is -1.02. The first-order valence-electron chi connectivity index (χ1n) is 8.73. The molecule has 1 heterocycles. The number of aliphatic carboxylic acids is 1. The molecule has 10 heteroatoms. The largest absolute Gasteiger partial charge is 0.481 e. The number of amides is 2. The van der Waals surface area contributed by atoms with Gasteiger partial charge in [-0.05, 0) is 37.0 Å². The fourth-order valence-electron chi connectivity index (χ4n) is 4.05. The van der Waals surface area contributed by atoms with Crippen LogP contribution in [0.4, 0.5) is 19.3 Å². The number of rotatable bonds is 5. The average Bonchev–Trinajstić information content (AvgIpc) is 3.20. The van der Waals surface area contributed by atoms with Crippen LogP contribution in [0, 0.1) is 11.3 Å². The van der Waals surface area contributed by atoms with E-state index in [9.17, 15) is 28.3 Å². The Hall–Kier alpha value is -2.91. The van der Waals surface area contributed by atoms with E-state index in [4.69, 9.17) is 0 Å². The number of hydrogen-bond donors (Lipinski definition) is 2. The first-order chi connectivity index (χ1) is 13.3. The van der Waals surface area contributed by atoms with Gasteiger partial charge in [0, 0.05) is 13.1 Å². The molecule has 2 aliphatic rings. The molecule has 1 aromatic carbocycles. The molecule has 2 fully saturated rings. The highest BCUT2D eigenvalue weighted by atomic mass is 19.3. The van der Waals surface area contributed by atoms with Crippen molar-refractivity contribution in [2.75, 3.05) is 25.5 Å². The van der Waals surface area contributed by atoms with E-state index in [1.807, 2.05) is 0 Å². The van der Waals surface area contributed by atoms with Gasteiger partial charge < -0.3 is 24.8 Å². The Morgan fingerprint density at radius 2 is 2.11 bits per heavy atom. The zero-order chi connectivity index (χ0) is 20.5. The molecule has 1 aliphatic carbocycles. The summed E-state index contributed by atoms with van der Waals surface area (Å²) in [7, 11) is 1.15. The normalized spacial score (nSPS) is 23.4. The molecule has 8 nitrogen and oxygen atoms in total. The van der Waals surface area contributed by atoms with Gasteiger partial charge in [-0.2, -0.15) is 8.78 Å². The van der Waals surface area contributed by atoms with Crippen LogP contribution in [0.3, 0.4) is 0 Å². The zero-order valence-electron chi connectivity index (χ0n) is 15.1. The second-order valence-electron chi connectivity index (χ2n) is 6.94. The van der Waals surface area contributed by atoms with E-state index in [-0.39, 0.29) is 30.3 Å². The van der Waals surface area contributed by atoms with Crippen LogP contribution in [0.2, 0.25) is 0 Å². The minimum atomic E-state index is -3.16. The number of methoxy groups -OCH3 is 1. The fraction of sp³-hybridized carbons (Fsp3) is 0.500. The number of nitrogens with zero attached hydrogens (tertiary/aromatic N) is 1. The molecule has 1 saturated heterocycles. The van der Waals surface area contributed by atoms with Gasteiger partial charge in [-0.3, -0.25) is 4.79 Å². The molecule has 0 aromatic heterocycles. The van der Waals surface area contributed by atoms with Crippen LogP contribution in [0.15, 0.2) is 18.2 Å². The second-order valence-corrected chi connectivity index (χ2v) is 6.94. The fourth-order valence-corrected chi connectivity index (χ4v) is 4.05. The molecule has 152 valence electrons. The highest BCUT2D eigenvalue weighted by molar-refractivity contribution is 5.95. The van der Waals surface area contributed by atoms with Crippen molar-refractivity contribution in [3.05, 3.63) is 23.8 Å². The summed E-state index contributed by atoms with van der Waals surface area (Å²) in [4.78, 5) is 37.3. The summed E-state index contributed by atoms with van der Waals surface area (Å²) < 4.78 is 34.4. The molecule has 1 aromatic rings. The summed E-state index contributed by atoms with van der Waals surface area (Å²) in [6.07, 6.45) is 2.03. The number of nitrogens with one attached hydrogen (secondary N) is 1. The Balaban J connectivity index is 1.78. The predicted molar refractivity (Wildman–Crippen MR) is 92.4 cm³/mol. The number of alkyl halides is 2. The van der Waals surface area contributed by atoms with Gasteiger partial charge in [-0.25, -0.2) is 9.59 Å². The number of carbonyl (C=O) groups excluding carboxylic acids is 2. The van der Waals surface area contributed by atoms with Crippen molar-refractivity contribution in [1.82, 2.24) is 4.90 Å². The Kier molecular flexibility index (Phi) is 5.39. The van der Waals surface area contributed by atoms with Crippen LogP contribution < -0.4 is 10.1 Å². The molecule has 0 bridgehead atoms. The van der Waals surface area contributed by atoms with Crippen molar-refractivity contribution >= 4 is 23.7 Å². The Bertz CT molecular complexity index is 802. The molecule has 0 spiro atoms. The summed E-state index contributed by atoms with van der Waals surface area (Å²) in [6, 6.07) is 2.99. The lowest BCUT2D eigenvalue weighted by atomic mass is 9.81. The summed E-state index contributed by atoms with van der Waals surface area (Å²) in [5, 5.41) is 12.1. The summed E-state index contributed by atoms with van der Waals surface area (Å²) >= 11 is 0. The van der Waals surface area contributed by atoms with Gasteiger partial charge in [0.15, 0.2) is 5.75 Å². The lowest BCUT2D eigenvalue weighted by Gasteiger charge is -2.23. The molecule has 2 amide bonds. The Morgan fingerprint density at radius 3 is 2.71 bits per heavy atom. The third kappa shape index (κ3) is 3.58. The smallest absolute Gasteiger partial charge is 0.387 e. The van der Waals surface area contributed by atoms with Gasteiger partial charge in [0.2, 0.25) is 0 Å². The molecule has 2 N–H and O–H groups in total. The van der Waals surface area contributed by atoms with Crippen molar-refractivity contribution in [1.29, 1.82) is 0 Å². The molecule has 1 aliphatic heterocycles. The van der Waals surface area contributed by atoms with Crippen LogP contribution in [0.5, 0.6) is 5.75 Å². The number of urea groups is 1. The predicted octanol–water partition coefficient (Wildman–Crippen LogP) is 2.79. The number of likely N-dealkylation sites (tertiary alicyclic amines) is 1. The van der Waals surface area contributed by atoms with Crippen LogP contribution in [0.1, 0.15) is 29.6 Å². The maximum atomic E-state index is 12.7. The summed E-state index contributed by atoms with van der Waals surface area (Å²) in [6.45, 7) is -2.82. The van der Waals surface area contributed by atoms with Crippen LogP contribution in [-0.2, 0) is 9.53 Å². The maximum Gasteiger partial charge on any atom is 0.387 e. The van der Waals surface area contributed by atoms with Crippen molar-refractivity contribution in [2.45, 2.75) is 25.9 Å². The molecule has 28 heavy (non-hydrogen) atoms. The first kappa shape index (κ1) is 19.8. The number of halogens is 2. The third-order valence-corrected chi connectivity index (χ3v) is 5.44. The molecule has 0 radical (unpaired) electrons. The van der Waals surface area contributed by atoms with Crippen molar-refractivity contribution < 1.29 is 37.7 Å². The van der Waals surface area contributed by atoms with Gasteiger partial charge >= 0.3 is 24.6 Å². The first-order valence-corrected chi connectivity index (χ1v) is 8.73. The quantitative estimate of drug-likeness (QED) is 0.739. The minimum Gasteiger partial charge on any atom is -0.481 e. The van der Waals surface area contributed by atoms with Crippen LogP contribution in [-0.4, -0.2) is 54.8 Å². The molecular formula is C18H20F2N2O6. The Morgan fingerprint density at radius 1 is 1.36 bits per heavy atom. The van der Waals surface area contributed by atoms with Gasteiger partial charge in [0.25, 0.3) is 0 Å². The maximum absolute atomic E-state index is 12.7. The molecular weight excluding hydrogens is 378 g/mol. The number of carboxylic acids is 1. The summed E-state index contributed by atoms with van der Waals surface area (Å²) in [5.74, 6) is -2.19. The average molecular weight is 398 g/mol. The van der Waals surface area contributed by atoms with Crippen molar-refractivity contribution in [3.8, 4) is 5.75 Å². The molecule has 3 rings (SSSR count). The van der Waals surface area contributed by atoms with E-state index in [0.29, 0.717) is 6.42 Å². The molecule has 0 unspecified atom stereocenters. The number of carbonyl (C=O) groups is 3. The lowest BCUT2D eigenvalue weighted by Crippen LogP contribution is -2.38. The molecule has 2 atom stereocenters. The number of hydrogen-bond acceptors (Lipinski definition) is 5. The third-order valence-electron chi connectivity index (χ3n) is 5.44. The van der Waals surface area contributed by atoms with Gasteiger partial charge in [-0.1, -0.05) is 6.42 Å². The SMILES string of the molecule is COC(=O)c1ccc(NC(=O)N2C[C@@H]3CCC[C@@]3(C(=O)O)C2)c(OC(F)F)c1. The van der Waals surface area contributed by atoms with E-state index < -0.39 is 35.7 Å². The number of anilines is 1.